The summed E-state index contributed by atoms with van der Waals surface area (Å²) < 4.78 is 0. The van der Waals surface area contributed by atoms with Gasteiger partial charge in [0.25, 0.3) is 0 Å². The fourth-order valence-electron chi connectivity index (χ4n) is 4.16. The second-order valence-electron chi connectivity index (χ2n) is 6.48. The lowest BCUT2D eigenvalue weighted by Crippen LogP contribution is -2.47. The minimum Gasteiger partial charge on any atom is -0.367 e. The van der Waals surface area contributed by atoms with Crippen molar-refractivity contribution in [3.63, 3.8) is 0 Å². The van der Waals surface area contributed by atoms with Crippen LogP contribution in [0.15, 0.2) is 24.3 Å². The summed E-state index contributed by atoms with van der Waals surface area (Å²) in [6.45, 7) is 1.99. The first-order valence-corrected chi connectivity index (χ1v) is 8.45. The third-order valence-electron chi connectivity index (χ3n) is 5.23. The molecule has 0 amide bonds. The highest BCUT2D eigenvalue weighted by Crippen LogP contribution is 2.34. The van der Waals surface area contributed by atoms with Crippen LogP contribution in [0.4, 0.5) is 5.69 Å². The molecule has 2 heteroatoms. The van der Waals surface area contributed by atoms with Crippen molar-refractivity contribution in [1.82, 2.24) is 0 Å². The SMILES string of the molecule is NCC(C1CCCCC1)N1CCCCc2ccccc21. The van der Waals surface area contributed by atoms with Gasteiger partial charge in [0.1, 0.15) is 0 Å². The molecular formula is C18H28N2. The van der Waals surface area contributed by atoms with E-state index in [9.17, 15) is 0 Å². The fourth-order valence-corrected chi connectivity index (χ4v) is 4.16. The lowest BCUT2D eigenvalue weighted by atomic mass is 9.83. The molecule has 2 N–H and O–H groups in total. The molecule has 0 spiro atoms. The van der Waals surface area contributed by atoms with Crippen LogP contribution in [0.1, 0.15) is 50.5 Å². The number of nitrogens with two attached hydrogens (primary N) is 1. The zero-order valence-corrected chi connectivity index (χ0v) is 12.6. The van der Waals surface area contributed by atoms with Crippen molar-refractivity contribution in [3.8, 4) is 0 Å². The smallest absolute Gasteiger partial charge is 0.0440 e. The minimum atomic E-state index is 0.551. The number of para-hydroxylation sites is 1. The Morgan fingerprint density at radius 1 is 1.05 bits per heavy atom. The Hall–Kier alpha value is -1.02. The Bertz CT molecular complexity index is 423. The van der Waals surface area contributed by atoms with Crippen LogP contribution in [-0.2, 0) is 6.42 Å². The molecule has 0 radical (unpaired) electrons. The Kier molecular flexibility index (Phi) is 4.62. The summed E-state index contributed by atoms with van der Waals surface area (Å²) in [4.78, 5) is 2.65. The van der Waals surface area contributed by atoms with Gasteiger partial charge in [0.15, 0.2) is 0 Å². The number of rotatable bonds is 3. The van der Waals surface area contributed by atoms with Crippen LogP contribution in [0.3, 0.4) is 0 Å². The highest BCUT2D eigenvalue weighted by molar-refractivity contribution is 5.55. The molecule has 3 rings (SSSR count). The van der Waals surface area contributed by atoms with Gasteiger partial charge in [-0.3, -0.25) is 0 Å². The first-order chi connectivity index (χ1) is 9.90. The van der Waals surface area contributed by atoms with Crippen LogP contribution < -0.4 is 10.6 Å². The topological polar surface area (TPSA) is 29.3 Å². The molecule has 1 aliphatic carbocycles. The van der Waals surface area contributed by atoms with Crippen LogP contribution in [0.25, 0.3) is 0 Å². The van der Waals surface area contributed by atoms with E-state index in [1.165, 1.54) is 69.2 Å². The fraction of sp³-hybridized carbons (Fsp3) is 0.667. The molecule has 0 bridgehead atoms. The van der Waals surface area contributed by atoms with Gasteiger partial charge in [-0.25, -0.2) is 0 Å². The Morgan fingerprint density at radius 3 is 2.65 bits per heavy atom. The second-order valence-corrected chi connectivity index (χ2v) is 6.48. The number of hydrogen-bond acceptors (Lipinski definition) is 2. The molecule has 1 fully saturated rings. The molecule has 1 heterocycles. The van der Waals surface area contributed by atoms with Crippen molar-refractivity contribution in [3.05, 3.63) is 29.8 Å². The Balaban J connectivity index is 1.86. The van der Waals surface area contributed by atoms with E-state index < -0.39 is 0 Å². The molecule has 20 heavy (non-hydrogen) atoms. The van der Waals surface area contributed by atoms with Gasteiger partial charge in [0, 0.05) is 24.8 Å². The quantitative estimate of drug-likeness (QED) is 0.908. The first kappa shape index (κ1) is 13.9. The molecular weight excluding hydrogens is 244 g/mol. The molecule has 110 valence electrons. The molecule has 0 aromatic heterocycles. The molecule has 1 aromatic carbocycles. The van der Waals surface area contributed by atoms with E-state index in [0.29, 0.717) is 6.04 Å². The van der Waals surface area contributed by atoms with E-state index in [4.69, 9.17) is 5.73 Å². The number of nitrogens with zero attached hydrogens (tertiary/aromatic N) is 1. The first-order valence-electron chi connectivity index (χ1n) is 8.45. The van der Waals surface area contributed by atoms with E-state index in [1.807, 2.05) is 0 Å². The summed E-state index contributed by atoms with van der Waals surface area (Å²) in [5.74, 6) is 0.805. The molecule has 1 unspecified atom stereocenters. The lowest BCUT2D eigenvalue weighted by molar-refractivity contribution is 0.296. The molecule has 0 saturated heterocycles. The number of aryl methyl sites for hydroxylation is 1. The van der Waals surface area contributed by atoms with Gasteiger partial charge in [0.05, 0.1) is 0 Å². The zero-order chi connectivity index (χ0) is 13.8. The van der Waals surface area contributed by atoms with Crippen molar-refractivity contribution in [2.45, 2.75) is 57.4 Å². The molecule has 2 nitrogen and oxygen atoms in total. The predicted molar refractivity (Wildman–Crippen MR) is 86.1 cm³/mol. The van der Waals surface area contributed by atoms with Crippen molar-refractivity contribution in [1.29, 1.82) is 0 Å². The van der Waals surface area contributed by atoms with Crippen molar-refractivity contribution in [2.75, 3.05) is 18.0 Å². The predicted octanol–water partition coefficient (Wildman–Crippen LogP) is 3.74. The lowest BCUT2D eigenvalue weighted by Gasteiger charge is -2.40. The summed E-state index contributed by atoms with van der Waals surface area (Å²) in [6, 6.07) is 9.54. The molecule has 1 aliphatic heterocycles. The number of anilines is 1. The van der Waals surface area contributed by atoms with E-state index in [2.05, 4.69) is 29.2 Å². The average molecular weight is 272 g/mol. The summed E-state index contributed by atoms with van der Waals surface area (Å²) in [5, 5.41) is 0. The maximum Gasteiger partial charge on any atom is 0.0440 e. The van der Waals surface area contributed by atoms with Crippen LogP contribution in [0.2, 0.25) is 0 Å². The van der Waals surface area contributed by atoms with Crippen LogP contribution in [0.5, 0.6) is 0 Å². The largest absolute Gasteiger partial charge is 0.367 e. The van der Waals surface area contributed by atoms with E-state index in [0.717, 1.165) is 12.5 Å². The van der Waals surface area contributed by atoms with Crippen LogP contribution in [-0.4, -0.2) is 19.1 Å². The Morgan fingerprint density at radius 2 is 1.85 bits per heavy atom. The maximum absolute atomic E-state index is 6.20. The van der Waals surface area contributed by atoms with Gasteiger partial charge in [-0.2, -0.15) is 0 Å². The summed E-state index contributed by atoms with van der Waals surface area (Å²) >= 11 is 0. The second kappa shape index (κ2) is 6.62. The van der Waals surface area contributed by atoms with Crippen LogP contribution >= 0.6 is 0 Å². The highest BCUT2D eigenvalue weighted by atomic mass is 15.2. The Labute approximate surface area is 123 Å². The summed E-state index contributed by atoms with van der Waals surface area (Å²) in [6.07, 6.45) is 10.8. The van der Waals surface area contributed by atoms with E-state index in [-0.39, 0.29) is 0 Å². The number of hydrogen-bond donors (Lipinski definition) is 1. The summed E-state index contributed by atoms with van der Waals surface area (Å²) in [5.41, 5.74) is 9.19. The van der Waals surface area contributed by atoms with Gasteiger partial charge < -0.3 is 10.6 Å². The van der Waals surface area contributed by atoms with Gasteiger partial charge in [0.2, 0.25) is 0 Å². The van der Waals surface area contributed by atoms with E-state index >= 15 is 0 Å². The molecule has 1 aromatic rings. The van der Waals surface area contributed by atoms with E-state index in [1.54, 1.807) is 0 Å². The van der Waals surface area contributed by atoms with Gasteiger partial charge in [-0.05, 0) is 49.7 Å². The zero-order valence-electron chi connectivity index (χ0n) is 12.6. The number of benzene rings is 1. The van der Waals surface area contributed by atoms with Gasteiger partial charge >= 0.3 is 0 Å². The molecule has 1 saturated carbocycles. The van der Waals surface area contributed by atoms with Gasteiger partial charge in [-0.1, -0.05) is 37.5 Å². The van der Waals surface area contributed by atoms with Crippen molar-refractivity contribution in [2.24, 2.45) is 11.7 Å². The number of fused-ring (bicyclic) bond motifs is 1. The summed E-state index contributed by atoms with van der Waals surface area (Å²) in [7, 11) is 0. The van der Waals surface area contributed by atoms with Gasteiger partial charge in [-0.15, -0.1) is 0 Å². The van der Waals surface area contributed by atoms with Crippen molar-refractivity contribution >= 4 is 5.69 Å². The maximum atomic E-state index is 6.20. The molecule has 2 aliphatic rings. The normalized spacial score (nSPS) is 22.1. The minimum absolute atomic E-state index is 0.551. The highest BCUT2D eigenvalue weighted by Gasteiger charge is 2.29. The van der Waals surface area contributed by atoms with Crippen molar-refractivity contribution < 1.29 is 0 Å². The monoisotopic (exact) mass is 272 g/mol. The van der Waals surface area contributed by atoms with Crippen LogP contribution in [0, 0.1) is 5.92 Å². The third kappa shape index (κ3) is 2.85. The average Bonchev–Trinajstić information content (AvgIpc) is 2.72. The molecule has 1 atom stereocenters. The standard InChI is InChI=1S/C18H28N2/c19-14-18(16-8-2-1-3-9-16)20-13-7-6-11-15-10-4-5-12-17(15)20/h4-5,10,12,16,18H,1-3,6-9,11,13-14,19H2. The third-order valence-corrected chi connectivity index (χ3v) is 5.23.